The second-order valence-corrected chi connectivity index (χ2v) is 4.36. The molecule has 1 atom stereocenters. The number of pyridine rings is 1. The number of carbonyl (C=O) groups is 2. The highest BCUT2D eigenvalue weighted by Crippen LogP contribution is 2.09. The lowest BCUT2D eigenvalue weighted by atomic mass is 10.1. The molecule has 104 valence electrons. The van der Waals surface area contributed by atoms with E-state index in [1.807, 2.05) is 12.1 Å². The molecule has 0 spiro atoms. The maximum atomic E-state index is 12.1. The molecular formula is C14H20N2O3. The molecule has 1 amide bonds. The van der Waals surface area contributed by atoms with Gasteiger partial charge in [-0.15, -0.1) is 0 Å². The Morgan fingerprint density at radius 1 is 1.47 bits per heavy atom. The lowest BCUT2D eigenvalue weighted by Crippen LogP contribution is -2.38. The summed E-state index contributed by atoms with van der Waals surface area (Å²) in [5.41, 5.74) is 1.06. The van der Waals surface area contributed by atoms with Crippen LogP contribution in [0.25, 0.3) is 0 Å². The van der Waals surface area contributed by atoms with Gasteiger partial charge in [-0.2, -0.15) is 0 Å². The Morgan fingerprint density at radius 3 is 2.74 bits per heavy atom. The highest BCUT2D eigenvalue weighted by atomic mass is 16.5. The fourth-order valence-corrected chi connectivity index (χ4v) is 1.80. The number of aromatic nitrogens is 1. The molecule has 0 fully saturated rings. The normalized spacial score (nSPS) is 11.7. The predicted octanol–water partition coefficient (Wildman–Crippen LogP) is 1.28. The number of rotatable bonds is 6. The Labute approximate surface area is 113 Å². The molecule has 0 radical (unpaired) electrons. The predicted molar refractivity (Wildman–Crippen MR) is 71.4 cm³/mol. The quantitative estimate of drug-likeness (QED) is 0.573. The fourth-order valence-electron chi connectivity index (χ4n) is 1.80. The topological polar surface area (TPSA) is 59.5 Å². The smallest absolute Gasteiger partial charge is 0.318 e. The summed E-state index contributed by atoms with van der Waals surface area (Å²) in [6, 6.07) is 3.82. The van der Waals surface area contributed by atoms with Gasteiger partial charge in [0, 0.05) is 26.0 Å². The van der Waals surface area contributed by atoms with Gasteiger partial charge in [0.2, 0.25) is 5.91 Å². The summed E-state index contributed by atoms with van der Waals surface area (Å²) in [7, 11) is 3.00. The second-order valence-electron chi connectivity index (χ2n) is 4.36. The van der Waals surface area contributed by atoms with E-state index in [-0.39, 0.29) is 5.91 Å². The van der Waals surface area contributed by atoms with Gasteiger partial charge < -0.3 is 9.64 Å². The first-order valence-corrected chi connectivity index (χ1v) is 6.31. The minimum Gasteiger partial charge on any atom is -0.468 e. The van der Waals surface area contributed by atoms with Gasteiger partial charge in [-0.25, -0.2) is 0 Å². The minimum absolute atomic E-state index is 0.196. The van der Waals surface area contributed by atoms with Crippen LogP contribution in [-0.2, 0) is 20.7 Å². The molecule has 1 rings (SSSR count). The van der Waals surface area contributed by atoms with E-state index >= 15 is 0 Å². The summed E-state index contributed by atoms with van der Waals surface area (Å²) < 4.78 is 4.64. The molecule has 19 heavy (non-hydrogen) atoms. The second kappa shape index (κ2) is 7.51. The molecule has 0 saturated heterocycles. The van der Waals surface area contributed by atoms with Crippen molar-refractivity contribution >= 4 is 11.9 Å². The highest BCUT2D eigenvalue weighted by molar-refractivity contribution is 5.97. The Morgan fingerprint density at radius 2 is 2.21 bits per heavy atom. The Bertz CT molecular complexity index is 420. The van der Waals surface area contributed by atoms with Gasteiger partial charge in [0.1, 0.15) is 5.92 Å². The fraction of sp³-hybridized carbons (Fsp3) is 0.500. The van der Waals surface area contributed by atoms with Crippen molar-refractivity contribution in [1.29, 1.82) is 0 Å². The molecule has 1 aromatic rings. The van der Waals surface area contributed by atoms with Crippen LogP contribution in [0.15, 0.2) is 24.5 Å². The summed E-state index contributed by atoms with van der Waals surface area (Å²) in [5.74, 6) is -1.37. The molecule has 1 heterocycles. The Balaban J connectivity index is 2.54. The van der Waals surface area contributed by atoms with Gasteiger partial charge >= 0.3 is 5.97 Å². The number of hydrogen-bond acceptors (Lipinski definition) is 4. The van der Waals surface area contributed by atoms with Gasteiger partial charge in [0.15, 0.2) is 0 Å². The number of carbonyl (C=O) groups excluding carboxylic acids is 2. The first kappa shape index (κ1) is 15.1. The molecule has 0 N–H and O–H groups in total. The van der Waals surface area contributed by atoms with Crippen molar-refractivity contribution in [1.82, 2.24) is 9.88 Å². The Hall–Kier alpha value is -1.91. The van der Waals surface area contributed by atoms with Crippen LogP contribution in [0.3, 0.4) is 0 Å². The molecule has 0 aliphatic carbocycles. The van der Waals surface area contributed by atoms with Crippen LogP contribution in [-0.4, -0.2) is 42.5 Å². The van der Waals surface area contributed by atoms with Crippen molar-refractivity contribution in [3.05, 3.63) is 30.1 Å². The summed E-state index contributed by atoms with van der Waals surface area (Å²) in [4.78, 5) is 29.2. The zero-order chi connectivity index (χ0) is 14.3. The summed E-state index contributed by atoms with van der Waals surface area (Å²) in [6.45, 7) is 2.35. The van der Waals surface area contributed by atoms with Crippen molar-refractivity contribution in [3.63, 3.8) is 0 Å². The van der Waals surface area contributed by atoms with E-state index in [1.165, 1.54) is 7.11 Å². The number of methoxy groups -OCH3 is 1. The SMILES string of the molecule is CCC(C(=O)OC)C(=O)N(C)CCc1cccnc1. The molecular weight excluding hydrogens is 244 g/mol. The van der Waals surface area contributed by atoms with Crippen LogP contribution in [0.5, 0.6) is 0 Å². The molecule has 0 bridgehead atoms. The third-order valence-corrected chi connectivity index (χ3v) is 3.03. The molecule has 1 unspecified atom stereocenters. The largest absolute Gasteiger partial charge is 0.468 e. The van der Waals surface area contributed by atoms with Gasteiger partial charge in [-0.05, 0) is 24.5 Å². The van der Waals surface area contributed by atoms with Gasteiger partial charge in [-0.1, -0.05) is 13.0 Å². The highest BCUT2D eigenvalue weighted by Gasteiger charge is 2.28. The van der Waals surface area contributed by atoms with Crippen LogP contribution in [0.2, 0.25) is 0 Å². The molecule has 5 heteroatoms. The van der Waals surface area contributed by atoms with E-state index in [0.717, 1.165) is 5.56 Å². The lowest BCUT2D eigenvalue weighted by Gasteiger charge is -2.21. The number of hydrogen-bond donors (Lipinski definition) is 0. The third-order valence-electron chi connectivity index (χ3n) is 3.03. The monoisotopic (exact) mass is 264 g/mol. The van der Waals surface area contributed by atoms with Crippen LogP contribution >= 0.6 is 0 Å². The van der Waals surface area contributed by atoms with E-state index in [1.54, 1.807) is 31.3 Å². The van der Waals surface area contributed by atoms with E-state index in [9.17, 15) is 9.59 Å². The number of likely N-dealkylation sites (N-methyl/N-ethyl adjacent to an activating group) is 1. The summed E-state index contributed by atoms with van der Waals surface area (Å²) in [6.07, 6.45) is 4.65. The van der Waals surface area contributed by atoms with Crippen molar-refractivity contribution in [2.75, 3.05) is 20.7 Å². The number of amides is 1. The van der Waals surface area contributed by atoms with Crippen LogP contribution < -0.4 is 0 Å². The summed E-state index contributed by atoms with van der Waals surface area (Å²) in [5, 5.41) is 0. The average molecular weight is 264 g/mol. The first-order valence-electron chi connectivity index (χ1n) is 6.31. The van der Waals surface area contributed by atoms with Crippen LogP contribution in [0, 0.1) is 5.92 Å². The molecule has 5 nitrogen and oxygen atoms in total. The molecule has 0 aliphatic heterocycles. The molecule has 0 aliphatic rings. The van der Waals surface area contributed by atoms with Crippen molar-refractivity contribution in [2.24, 2.45) is 5.92 Å². The average Bonchev–Trinajstić information content (AvgIpc) is 2.46. The molecule has 1 aromatic heterocycles. The van der Waals surface area contributed by atoms with Crippen LogP contribution in [0.1, 0.15) is 18.9 Å². The van der Waals surface area contributed by atoms with E-state index in [2.05, 4.69) is 9.72 Å². The number of ether oxygens (including phenoxy) is 1. The van der Waals surface area contributed by atoms with E-state index < -0.39 is 11.9 Å². The number of nitrogens with zero attached hydrogens (tertiary/aromatic N) is 2. The zero-order valence-corrected chi connectivity index (χ0v) is 11.6. The van der Waals surface area contributed by atoms with Gasteiger partial charge in [-0.3, -0.25) is 14.6 Å². The standard InChI is InChI=1S/C14H20N2O3/c1-4-12(14(18)19-3)13(17)16(2)9-7-11-6-5-8-15-10-11/h5-6,8,10,12H,4,7,9H2,1-3H3. The van der Waals surface area contributed by atoms with E-state index in [0.29, 0.717) is 19.4 Å². The first-order chi connectivity index (χ1) is 9.10. The van der Waals surface area contributed by atoms with Crippen LogP contribution in [0.4, 0.5) is 0 Å². The molecule has 0 aromatic carbocycles. The van der Waals surface area contributed by atoms with Gasteiger partial charge in [0.05, 0.1) is 7.11 Å². The minimum atomic E-state index is -0.705. The summed E-state index contributed by atoms with van der Waals surface area (Å²) >= 11 is 0. The zero-order valence-electron chi connectivity index (χ0n) is 11.6. The van der Waals surface area contributed by atoms with Gasteiger partial charge in [0.25, 0.3) is 0 Å². The van der Waals surface area contributed by atoms with Crippen molar-refractivity contribution in [3.8, 4) is 0 Å². The maximum Gasteiger partial charge on any atom is 0.318 e. The number of esters is 1. The van der Waals surface area contributed by atoms with Crippen molar-refractivity contribution < 1.29 is 14.3 Å². The Kier molecular flexibility index (Phi) is 5.99. The van der Waals surface area contributed by atoms with E-state index in [4.69, 9.17) is 0 Å². The van der Waals surface area contributed by atoms with Crippen molar-refractivity contribution in [2.45, 2.75) is 19.8 Å². The lowest BCUT2D eigenvalue weighted by molar-refractivity contribution is -0.153. The maximum absolute atomic E-state index is 12.1. The molecule has 0 saturated carbocycles. The third kappa shape index (κ3) is 4.35.